The number of nitrogens with zero attached hydrogens (tertiary/aromatic N) is 4. The first-order valence-corrected chi connectivity index (χ1v) is 8.57. The first-order valence-electron chi connectivity index (χ1n) is 8.19. The Morgan fingerprint density at radius 3 is 2.62 bits per heavy atom. The van der Waals surface area contributed by atoms with Crippen LogP contribution in [0.15, 0.2) is 18.2 Å². The molecule has 24 heavy (non-hydrogen) atoms. The molecule has 6 heteroatoms. The Morgan fingerprint density at radius 1 is 1.17 bits per heavy atom. The highest BCUT2D eigenvalue weighted by Crippen LogP contribution is 2.32. The highest BCUT2D eigenvalue weighted by atomic mass is 35.5. The lowest BCUT2D eigenvalue weighted by atomic mass is 10.1. The SMILES string of the molecule is Cc1nc2c(c(N3CCC3)n1)CN(C(=O)c1ccc(Cl)c(C)c1)C2. The van der Waals surface area contributed by atoms with Gasteiger partial charge in [0.1, 0.15) is 11.6 Å². The third-order valence-corrected chi connectivity index (χ3v) is 5.14. The van der Waals surface area contributed by atoms with E-state index in [0.717, 1.165) is 41.6 Å². The predicted molar refractivity (Wildman–Crippen MR) is 93.4 cm³/mol. The molecule has 1 amide bonds. The van der Waals surface area contributed by atoms with E-state index in [-0.39, 0.29) is 5.91 Å². The molecule has 4 rings (SSSR count). The van der Waals surface area contributed by atoms with E-state index >= 15 is 0 Å². The molecule has 3 heterocycles. The first kappa shape index (κ1) is 15.4. The zero-order chi connectivity index (χ0) is 16.8. The minimum absolute atomic E-state index is 0.0139. The lowest BCUT2D eigenvalue weighted by Crippen LogP contribution is -2.38. The second-order valence-corrected chi connectivity index (χ2v) is 6.89. The Balaban J connectivity index is 1.63. The standard InChI is InChI=1S/C18H19ClN4O/c1-11-8-13(4-5-15(11)19)18(24)23-9-14-16(10-23)20-12(2)21-17(14)22-6-3-7-22/h4-5,8H,3,6-7,9-10H2,1-2H3. The third kappa shape index (κ3) is 2.53. The number of carbonyl (C=O) groups excluding carboxylic acids is 1. The first-order chi connectivity index (χ1) is 11.5. The van der Waals surface area contributed by atoms with Gasteiger partial charge in [0.15, 0.2) is 0 Å². The molecule has 1 saturated heterocycles. The maximum Gasteiger partial charge on any atom is 0.254 e. The number of rotatable bonds is 2. The molecule has 0 N–H and O–H groups in total. The van der Waals surface area contributed by atoms with Crippen LogP contribution in [0, 0.1) is 13.8 Å². The van der Waals surface area contributed by atoms with Crippen molar-refractivity contribution in [2.75, 3.05) is 18.0 Å². The number of anilines is 1. The molecule has 2 aliphatic rings. The van der Waals surface area contributed by atoms with Crippen LogP contribution < -0.4 is 4.90 Å². The van der Waals surface area contributed by atoms with Crippen LogP contribution in [0.2, 0.25) is 5.02 Å². The number of aryl methyl sites for hydroxylation is 2. The van der Waals surface area contributed by atoms with Gasteiger partial charge >= 0.3 is 0 Å². The largest absolute Gasteiger partial charge is 0.356 e. The van der Waals surface area contributed by atoms with Gasteiger partial charge in [-0.1, -0.05) is 11.6 Å². The Morgan fingerprint density at radius 2 is 1.96 bits per heavy atom. The topological polar surface area (TPSA) is 49.3 Å². The van der Waals surface area contributed by atoms with Gasteiger partial charge in [0.05, 0.1) is 18.8 Å². The van der Waals surface area contributed by atoms with Crippen molar-refractivity contribution in [3.05, 3.63) is 51.4 Å². The molecular formula is C18H19ClN4O. The monoisotopic (exact) mass is 342 g/mol. The molecule has 1 aromatic heterocycles. The molecule has 1 fully saturated rings. The number of aromatic nitrogens is 2. The van der Waals surface area contributed by atoms with Crippen LogP contribution in [0.3, 0.4) is 0 Å². The highest BCUT2D eigenvalue weighted by molar-refractivity contribution is 6.31. The summed E-state index contributed by atoms with van der Waals surface area (Å²) in [4.78, 5) is 26.1. The molecule has 2 aromatic rings. The predicted octanol–water partition coefficient (Wildman–Crippen LogP) is 3.11. The van der Waals surface area contributed by atoms with Crippen LogP contribution in [0.25, 0.3) is 0 Å². The molecule has 0 bridgehead atoms. The van der Waals surface area contributed by atoms with Crippen molar-refractivity contribution in [2.45, 2.75) is 33.4 Å². The van der Waals surface area contributed by atoms with E-state index < -0.39 is 0 Å². The van der Waals surface area contributed by atoms with Crippen molar-refractivity contribution in [3.8, 4) is 0 Å². The van der Waals surface area contributed by atoms with Gasteiger partial charge in [-0.05, 0) is 44.0 Å². The lowest BCUT2D eigenvalue weighted by Gasteiger charge is -2.33. The smallest absolute Gasteiger partial charge is 0.254 e. The summed E-state index contributed by atoms with van der Waals surface area (Å²) in [5, 5.41) is 0.679. The van der Waals surface area contributed by atoms with Gasteiger partial charge in [-0.25, -0.2) is 9.97 Å². The van der Waals surface area contributed by atoms with Crippen LogP contribution in [0.5, 0.6) is 0 Å². The number of fused-ring (bicyclic) bond motifs is 1. The van der Waals surface area contributed by atoms with Gasteiger partial charge in [0.25, 0.3) is 5.91 Å². The van der Waals surface area contributed by atoms with E-state index in [0.29, 0.717) is 23.7 Å². The summed E-state index contributed by atoms with van der Waals surface area (Å²) >= 11 is 6.06. The normalized spacial score (nSPS) is 16.1. The zero-order valence-electron chi connectivity index (χ0n) is 13.8. The summed E-state index contributed by atoms with van der Waals surface area (Å²) in [6.45, 7) is 7.01. The van der Waals surface area contributed by atoms with Gasteiger partial charge < -0.3 is 9.80 Å². The van der Waals surface area contributed by atoms with Gasteiger partial charge in [-0.15, -0.1) is 0 Å². The van der Waals surface area contributed by atoms with E-state index in [9.17, 15) is 4.79 Å². The number of carbonyl (C=O) groups is 1. The summed E-state index contributed by atoms with van der Waals surface area (Å²) in [7, 11) is 0. The molecule has 5 nitrogen and oxygen atoms in total. The average Bonchev–Trinajstić information content (AvgIpc) is 2.91. The van der Waals surface area contributed by atoms with Crippen LogP contribution >= 0.6 is 11.6 Å². The Bertz CT molecular complexity index is 832. The zero-order valence-corrected chi connectivity index (χ0v) is 14.6. The van der Waals surface area contributed by atoms with Crippen molar-refractivity contribution in [2.24, 2.45) is 0 Å². The van der Waals surface area contributed by atoms with Crippen LogP contribution in [0.1, 0.15) is 39.4 Å². The third-order valence-electron chi connectivity index (χ3n) is 4.72. The molecule has 0 aliphatic carbocycles. The quantitative estimate of drug-likeness (QED) is 0.841. The summed E-state index contributed by atoms with van der Waals surface area (Å²) in [6, 6.07) is 5.41. The van der Waals surface area contributed by atoms with Crippen molar-refractivity contribution in [1.82, 2.24) is 14.9 Å². The number of halogens is 1. The summed E-state index contributed by atoms with van der Waals surface area (Å²) in [5.41, 5.74) is 3.65. The number of hydrogen-bond donors (Lipinski definition) is 0. The fourth-order valence-electron chi connectivity index (χ4n) is 3.25. The van der Waals surface area contributed by atoms with Crippen molar-refractivity contribution in [1.29, 1.82) is 0 Å². The van der Waals surface area contributed by atoms with Crippen LogP contribution in [-0.2, 0) is 13.1 Å². The highest BCUT2D eigenvalue weighted by Gasteiger charge is 2.31. The summed E-state index contributed by atoms with van der Waals surface area (Å²) in [5.74, 6) is 1.79. The summed E-state index contributed by atoms with van der Waals surface area (Å²) in [6.07, 6.45) is 1.20. The Kier molecular flexibility index (Phi) is 3.68. The molecule has 0 unspecified atom stereocenters. The second-order valence-electron chi connectivity index (χ2n) is 6.49. The molecule has 2 aliphatic heterocycles. The molecule has 1 aromatic carbocycles. The fraction of sp³-hybridized carbons (Fsp3) is 0.389. The van der Waals surface area contributed by atoms with Gasteiger partial charge in [0.2, 0.25) is 0 Å². The molecule has 0 saturated carbocycles. The minimum atomic E-state index is 0.0139. The lowest BCUT2D eigenvalue weighted by molar-refractivity contribution is 0.0750. The number of amides is 1. The Labute approximate surface area is 146 Å². The van der Waals surface area contributed by atoms with Crippen LogP contribution in [0.4, 0.5) is 5.82 Å². The van der Waals surface area contributed by atoms with Gasteiger partial charge in [-0.3, -0.25) is 4.79 Å². The Hall–Kier alpha value is -2.14. The van der Waals surface area contributed by atoms with E-state index in [4.69, 9.17) is 11.6 Å². The van der Waals surface area contributed by atoms with Gasteiger partial charge in [-0.2, -0.15) is 0 Å². The summed E-state index contributed by atoms with van der Waals surface area (Å²) < 4.78 is 0. The van der Waals surface area contributed by atoms with Gasteiger partial charge in [0, 0.05) is 29.2 Å². The maximum absolute atomic E-state index is 12.8. The molecule has 0 spiro atoms. The van der Waals surface area contributed by atoms with E-state index in [1.54, 1.807) is 12.1 Å². The van der Waals surface area contributed by atoms with E-state index in [1.807, 2.05) is 24.8 Å². The molecule has 0 atom stereocenters. The number of benzene rings is 1. The number of hydrogen-bond acceptors (Lipinski definition) is 4. The second kappa shape index (κ2) is 5.74. The van der Waals surface area contributed by atoms with Crippen molar-refractivity contribution >= 4 is 23.3 Å². The van der Waals surface area contributed by atoms with E-state index in [2.05, 4.69) is 14.9 Å². The molecular weight excluding hydrogens is 324 g/mol. The molecule has 0 radical (unpaired) electrons. The maximum atomic E-state index is 12.8. The van der Waals surface area contributed by atoms with E-state index in [1.165, 1.54) is 6.42 Å². The molecule has 124 valence electrons. The van der Waals surface area contributed by atoms with Crippen LogP contribution in [-0.4, -0.2) is 33.9 Å². The fourth-order valence-corrected chi connectivity index (χ4v) is 3.37. The average molecular weight is 343 g/mol. The minimum Gasteiger partial charge on any atom is -0.356 e. The van der Waals surface area contributed by atoms with Crippen molar-refractivity contribution in [3.63, 3.8) is 0 Å². The van der Waals surface area contributed by atoms with Crippen molar-refractivity contribution < 1.29 is 4.79 Å².